The van der Waals surface area contributed by atoms with Gasteiger partial charge in [0, 0.05) is 0 Å². The van der Waals surface area contributed by atoms with Gasteiger partial charge in [0.2, 0.25) is 0 Å². The predicted molar refractivity (Wildman–Crippen MR) is 128 cm³/mol. The minimum Gasteiger partial charge on any atom is -0.266 e. The maximum absolute atomic E-state index is 12.0. The van der Waals surface area contributed by atoms with E-state index in [4.69, 9.17) is 4.18 Å². The molecular weight excluding hydrogens is 393 g/mol. The molecule has 0 radical (unpaired) electrons. The SMILES string of the molecule is CCCCCCCCCCCCCCCCCCOS(=O)(=O)c1ccccc1.[MgH2]. The summed E-state index contributed by atoms with van der Waals surface area (Å²) < 4.78 is 29.0. The van der Waals surface area contributed by atoms with Crippen LogP contribution >= 0.6 is 0 Å². The summed E-state index contributed by atoms with van der Waals surface area (Å²) in [6.07, 6.45) is 20.9. The van der Waals surface area contributed by atoms with Gasteiger partial charge in [0.1, 0.15) is 0 Å². The van der Waals surface area contributed by atoms with Gasteiger partial charge in [-0.15, -0.1) is 0 Å². The van der Waals surface area contributed by atoms with E-state index >= 15 is 0 Å². The summed E-state index contributed by atoms with van der Waals surface area (Å²) in [4.78, 5) is 0.242. The van der Waals surface area contributed by atoms with Crippen LogP contribution in [-0.2, 0) is 14.3 Å². The van der Waals surface area contributed by atoms with E-state index < -0.39 is 10.1 Å². The second-order valence-corrected chi connectivity index (χ2v) is 9.51. The molecule has 5 heteroatoms. The van der Waals surface area contributed by atoms with Gasteiger partial charge in [0.05, 0.1) is 11.5 Å². The molecule has 0 heterocycles. The molecule has 0 N–H and O–H groups in total. The summed E-state index contributed by atoms with van der Waals surface area (Å²) in [5, 5.41) is 0. The fraction of sp³-hybridized carbons (Fsp3) is 0.750. The third kappa shape index (κ3) is 16.3. The van der Waals surface area contributed by atoms with Crippen molar-refractivity contribution in [2.75, 3.05) is 6.61 Å². The van der Waals surface area contributed by atoms with E-state index in [0.717, 1.165) is 12.8 Å². The van der Waals surface area contributed by atoms with Crippen molar-refractivity contribution in [3.8, 4) is 0 Å². The maximum atomic E-state index is 12.0. The molecule has 3 nitrogen and oxygen atoms in total. The third-order valence-corrected chi connectivity index (χ3v) is 6.59. The zero-order chi connectivity index (χ0) is 20.3. The van der Waals surface area contributed by atoms with Gasteiger partial charge in [-0.2, -0.15) is 8.42 Å². The van der Waals surface area contributed by atoms with Crippen molar-refractivity contribution in [1.29, 1.82) is 0 Å². The monoisotopic (exact) mass is 436 g/mol. The van der Waals surface area contributed by atoms with E-state index in [1.54, 1.807) is 30.3 Å². The van der Waals surface area contributed by atoms with E-state index in [1.807, 2.05) is 0 Å². The Bertz CT molecular complexity index is 561. The Morgan fingerprint density at radius 2 is 1.00 bits per heavy atom. The first kappa shape index (κ1) is 28.9. The molecule has 0 aromatic heterocycles. The molecule has 0 amide bonds. The van der Waals surface area contributed by atoms with Gasteiger partial charge < -0.3 is 0 Å². The molecule has 0 saturated heterocycles. The standard InChI is InChI=1S/C24H42O3S.Mg.2H/c1-2-3-4-5-6-7-8-9-10-11-12-13-14-15-16-20-23-27-28(25,26)24-21-18-17-19-22-24;;;/h17-19,21-22H,2-16,20,23H2,1H3;;;. The number of rotatable bonds is 19. The van der Waals surface area contributed by atoms with Crippen LogP contribution in [0.5, 0.6) is 0 Å². The topological polar surface area (TPSA) is 43.4 Å². The van der Waals surface area contributed by atoms with Crippen LogP contribution in [0.25, 0.3) is 0 Å². The lowest BCUT2D eigenvalue weighted by Crippen LogP contribution is -2.07. The van der Waals surface area contributed by atoms with Crippen molar-refractivity contribution in [3.63, 3.8) is 0 Å². The Labute approximate surface area is 196 Å². The minimum absolute atomic E-state index is 0. The first-order chi connectivity index (χ1) is 13.7. The molecule has 1 aromatic rings. The van der Waals surface area contributed by atoms with Gasteiger partial charge in [0.25, 0.3) is 10.1 Å². The molecule has 166 valence electrons. The summed E-state index contributed by atoms with van der Waals surface area (Å²) >= 11 is 0. The number of hydrogen-bond acceptors (Lipinski definition) is 3. The maximum Gasteiger partial charge on any atom is 0.316 e. The molecule has 0 saturated carbocycles. The average molecular weight is 437 g/mol. The fourth-order valence-corrected chi connectivity index (χ4v) is 4.44. The van der Waals surface area contributed by atoms with Crippen molar-refractivity contribution in [1.82, 2.24) is 0 Å². The molecule has 1 aromatic carbocycles. The van der Waals surface area contributed by atoms with Crippen LogP contribution in [0.4, 0.5) is 0 Å². The highest BCUT2D eigenvalue weighted by Crippen LogP contribution is 2.15. The molecule has 0 fully saturated rings. The average Bonchev–Trinajstić information content (AvgIpc) is 2.71. The highest BCUT2D eigenvalue weighted by atomic mass is 32.2. The molecule has 0 spiro atoms. The molecule has 0 aliphatic heterocycles. The first-order valence-electron chi connectivity index (χ1n) is 11.6. The lowest BCUT2D eigenvalue weighted by atomic mass is 10.0. The normalized spacial score (nSPS) is 11.3. The lowest BCUT2D eigenvalue weighted by molar-refractivity contribution is 0.306. The van der Waals surface area contributed by atoms with Crippen molar-refractivity contribution < 1.29 is 12.6 Å². The first-order valence-corrected chi connectivity index (χ1v) is 13.0. The van der Waals surface area contributed by atoms with E-state index in [2.05, 4.69) is 6.92 Å². The van der Waals surface area contributed by atoms with Gasteiger partial charge in [-0.3, -0.25) is 4.18 Å². The van der Waals surface area contributed by atoms with Crippen LogP contribution in [0.3, 0.4) is 0 Å². The second-order valence-electron chi connectivity index (χ2n) is 7.89. The van der Waals surface area contributed by atoms with E-state index in [-0.39, 0.29) is 34.6 Å². The van der Waals surface area contributed by atoms with Gasteiger partial charge in [-0.25, -0.2) is 0 Å². The quantitative estimate of drug-likeness (QED) is 0.137. The molecule has 29 heavy (non-hydrogen) atoms. The van der Waals surface area contributed by atoms with E-state index in [0.29, 0.717) is 0 Å². The fourth-order valence-electron chi connectivity index (χ4n) is 3.47. The van der Waals surface area contributed by atoms with Crippen molar-refractivity contribution in [2.24, 2.45) is 0 Å². The van der Waals surface area contributed by atoms with Gasteiger partial charge in [-0.1, -0.05) is 121 Å². The van der Waals surface area contributed by atoms with Crippen molar-refractivity contribution in [2.45, 2.75) is 115 Å². The van der Waals surface area contributed by atoms with Crippen molar-refractivity contribution in [3.05, 3.63) is 30.3 Å². The Balaban J connectivity index is 0.00000784. The molecular formula is C24H44MgO3S. The number of benzene rings is 1. The van der Waals surface area contributed by atoms with Crippen LogP contribution in [0.1, 0.15) is 110 Å². The minimum atomic E-state index is -3.58. The Morgan fingerprint density at radius 1 is 0.621 bits per heavy atom. The summed E-state index contributed by atoms with van der Waals surface area (Å²) in [6, 6.07) is 8.37. The zero-order valence-corrected chi connectivity index (χ0v) is 18.9. The smallest absolute Gasteiger partial charge is 0.266 e. The molecule has 0 unspecified atom stereocenters. The van der Waals surface area contributed by atoms with Gasteiger partial charge >= 0.3 is 23.1 Å². The van der Waals surface area contributed by atoms with Crippen LogP contribution in [0.15, 0.2) is 35.2 Å². The van der Waals surface area contributed by atoms with Gasteiger partial charge in [-0.05, 0) is 18.6 Å². The highest BCUT2D eigenvalue weighted by molar-refractivity contribution is 7.86. The molecule has 0 bridgehead atoms. The second kappa shape index (κ2) is 19.8. The lowest BCUT2D eigenvalue weighted by Gasteiger charge is -2.06. The summed E-state index contributed by atoms with van der Waals surface area (Å²) in [5.74, 6) is 0. The predicted octanol–water partition coefficient (Wildman–Crippen LogP) is 6.74. The number of unbranched alkanes of at least 4 members (excludes halogenated alkanes) is 15. The van der Waals surface area contributed by atoms with Crippen LogP contribution < -0.4 is 0 Å². The largest absolute Gasteiger partial charge is 0.316 e. The Kier molecular flexibility index (Phi) is 19.8. The molecule has 1 rings (SSSR count). The summed E-state index contributed by atoms with van der Waals surface area (Å²) in [6.45, 7) is 2.56. The van der Waals surface area contributed by atoms with Crippen LogP contribution in [0.2, 0.25) is 0 Å². The third-order valence-electron chi connectivity index (χ3n) is 5.27. The zero-order valence-electron chi connectivity index (χ0n) is 18.0. The van der Waals surface area contributed by atoms with E-state index in [1.165, 1.54) is 89.9 Å². The number of hydrogen-bond donors (Lipinski definition) is 0. The van der Waals surface area contributed by atoms with E-state index in [9.17, 15) is 8.42 Å². The summed E-state index contributed by atoms with van der Waals surface area (Å²) in [7, 11) is -3.58. The van der Waals surface area contributed by atoms with Crippen molar-refractivity contribution >= 4 is 33.2 Å². The molecule has 0 aliphatic carbocycles. The Hall–Kier alpha value is -0.104. The van der Waals surface area contributed by atoms with Crippen LogP contribution in [0, 0.1) is 0 Å². The molecule has 0 aliphatic rings. The molecule has 0 atom stereocenters. The Morgan fingerprint density at radius 3 is 1.41 bits per heavy atom. The van der Waals surface area contributed by atoms with Gasteiger partial charge in [0.15, 0.2) is 0 Å². The summed E-state index contributed by atoms with van der Waals surface area (Å²) in [5.41, 5.74) is 0. The highest BCUT2D eigenvalue weighted by Gasteiger charge is 2.13. The van der Waals surface area contributed by atoms with Crippen LogP contribution in [-0.4, -0.2) is 38.1 Å².